The topological polar surface area (TPSA) is 149 Å². The van der Waals surface area contributed by atoms with Crippen molar-refractivity contribution in [2.45, 2.75) is 62.8 Å². The molecule has 1 heterocycles. The van der Waals surface area contributed by atoms with E-state index >= 15 is 0 Å². The van der Waals surface area contributed by atoms with Gasteiger partial charge in [-0.25, -0.2) is 14.6 Å². The monoisotopic (exact) mass is 679 g/mol. The normalized spacial score (nSPS) is 14.4. The predicted octanol–water partition coefficient (Wildman–Crippen LogP) is 6.46. The van der Waals surface area contributed by atoms with E-state index in [1.807, 2.05) is 24.3 Å². The van der Waals surface area contributed by atoms with Crippen molar-refractivity contribution in [1.29, 1.82) is 0 Å². The minimum Gasteiger partial charge on any atom is -0.496 e. The van der Waals surface area contributed by atoms with Gasteiger partial charge in [0.05, 0.1) is 30.3 Å². The van der Waals surface area contributed by atoms with E-state index in [9.17, 15) is 19.2 Å². The van der Waals surface area contributed by atoms with E-state index in [1.54, 1.807) is 37.3 Å². The van der Waals surface area contributed by atoms with Crippen molar-refractivity contribution in [1.82, 2.24) is 15.4 Å². The number of hydrogen-bond donors (Lipinski definition) is 4. The van der Waals surface area contributed by atoms with Gasteiger partial charge in [-0.05, 0) is 98.3 Å². The van der Waals surface area contributed by atoms with Crippen molar-refractivity contribution in [3.05, 3.63) is 88.4 Å². The first-order valence-electron chi connectivity index (χ1n) is 15.3. The molecule has 13 heteroatoms. The summed E-state index contributed by atoms with van der Waals surface area (Å²) in [4.78, 5) is 47.5. The smallest absolute Gasteiger partial charge is 0.335 e. The number of carboxylic acids is 1. The second-order valence-electron chi connectivity index (χ2n) is 11.1. The molecule has 3 aromatic carbocycles. The van der Waals surface area contributed by atoms with Gasteiger partial charge in [0, 0.05) is 28.2 Å². The van der Waals surface area contributed by atoms with Crippen molar-refractivity contribution in [2.75, 3.05) is 18.7 Å². The van der Waals surface area contributed by atoms with Crippen LogP contribution < -0.4 is 25.1 Å². The second kappa shape index (κ2) is 17.4. The van der Waals surface area contributed by atoms with Gasteiger partial charge in [-0.1, -0.05) is 43.0 Å². The summed E-state index contributed by atoms with van der Waals surface area (Å²) in [5, 5.41) is 20.5. The number of hydrogen-bond acceptors (Lipinski definition) is 7. The first kappa shape index (κ1) is 35.3. The third kappa shape index (κ3) is 10.8. The summed E-state index contributed by atoms with van der Waals surface area (Å²) in [7, 11) is 1.52. The maximum Gasteiger partial charge on any atom is 0.335 e. The van der Waals surface area contributed by atoms with Crippen LogP contribution in [0, 0.1) is 0 Å². The number of rotatable bonds is 10. The molecule has 2 aliphatic rings. The molecule has 5 rings (SSSR count). The fraction of sp³-hybridized carbons (Fsp3) is 0.324. The van der Waals surface area contributed by atoms with Gasteiger partial charge in [-0.2, -0.15) is 5.10 Å². The SMILES string of the molecule is CC1=NN(c2ccc(C(=O)O)cc2)C(=O)C1.COc1ccc(Cl)cc1C(=O)NCCc1ccc(SNC(=O)NC2CCCCC2)cc1. The van der Waals surface area contributed by atoms with Crippen LogP contribution in [-0.4, -0.2) is 54.3 Å². The van der Waals surface area contributed by atoms with Crippen LogP contribution in [0.4, 0.5) is 10.5 Å². The molecule has 47 heavy (non-hydrogen) atoms. The number of carboxylic acid groups (broad SMARTS) is 1. The molecule has 11 nitrogen and oxygen atoms in total. The molecule has 1 saturated carbocycles. The van der Waals surface area contributed by atoms with Crippen molar-refractivity contribution >= 4 is 58.8 Å². The highest BCUT2D eigenvalue weighted by atomic mass is 35.5. The summed E-state index contributed by atoms with van der Waals surface area (Å²) in [5.41, 5.74) is 3.05. The minimum absolute atomic E-state index is 0.0967. The Kier molecular flexibility index (Phi) is 13.1. The van der Waals surface area contributed by atoms with Crippen LogP contribution in [-0.2, 0) is 11.2 Å². The lowest BCUT2D eigenvalue weighted by Crippen LogP contribution is -2.40. The molecule has 0 bridgehead atoms. The Morgan fingerprint density at radius 3 is 2.34 bits per heavy atom. The maximum atomic E-state index is 12.4. The summed E-state index contributed by atoms with van der Waals surface area (Å²) in [6.45, 7) is 2.27. The number of carbonyl (C=O) groups excluding carboxylic acids is 3. The summed E-state index contributed by atoms with van der Waals surface area (Å²) in [5.74, 6) is -0.817. The zero-order chi connectivity index (χ0) is 33.8. The molecule has 4 amide bonds. The van der Waals surface area contributed by atoms with E-state index in [1.165, 1.54) is 55.5 Å². The third-order valence-electron chi connectivity index (χ3n) is 7.50. The van der Waals surface area contributed by atoms with E-state index in [-0.39, 0.29) is 23.4 Å². The Balaban J connectivity index is 0.000000261. The van der Waals surface area contributed by atoms with Crippen LogP contribution >= 0.6 is 23.5 Å². The Hall–Kier alpha value is -4.55. The number of anilines is 1. The van der Waals surface area contributed by atoms with Crippen LogP contribution in [0.1, 0.15) is 71.7 Å². The lowest BCUT2D eigenvalue weighted by Gasteiger charge is -2.22. The number of amides is 4. The van der Waals surface area contributed by atoms with Gasteiger partial charge >= 0.3 is 12.0 Å². The Morgan fingerprint density at radius 2 is 1.72 bits per heavy atom. The van der Waals surface area contributed by atoms with Gasteiger partial charge in [0.1, 0.15) is 5.75 Å². The first-order chi connectivity index (χ1) is 22.6. The lowest BCUT2D eigenvalue weighted by atomic mass is 9.96. The fourth-order valence-electron chi connectivity index (χ4n) is 5.07. The number of halogens is 1. The number of ether oxygens (including phenoxy) is 1. The van der Waals surface area contributed by atoms with Crippen LogP contribution in [0.5, 0.6) is 5.75 Å². The Labute approximate surface area is 283 Å². The average Bonchev–Trinajstić information content (AvgIpc) is 3.42. The maximum absolute atomic E-state index is 12.4. The molecule has 0 aromatic heterocycles. The molecule has 4 N–H and O–H groups in total. The lowest BCUT2D eigenvalue weighted by molar-refractivity contribution is -0.116. The van der Waals surface area contributed by atoms with Crippen LogP contribution in [0.3, 0.4) is 0 Å². The highest BCUT2D eigenvalue weighted by Gasteiger charge is 2.22. The quantitative estimate of drug-likeness (QED) is 0.180. The van der Waals surface area contributed by atoms with E-state index in [0.717, 1.165) is 29.0 Å². The number of aromatic carboxylic acids is 1. The highest BCUT2D eigenvalue weighted by molar-refractivity contribution is 7.98. The average molecular weight is 680 g/mol. The number of hydrazone groups is 1. The largest absolute Gasteiger partial charge is 0.496 e. The number of benzene rings is 3. The molecule has 248 valence electrons. The number of nitrogens with zero attached hydrogens (tertiary/aromatic N) is 2. The van der Waals surface area contributed by atoms with Crippen molar-refractivity contribution in [3.8, 4) is 5.75 Å². The highest BCUT2D eigenvalue weighted by Crippen LogP contribution is 2.23. The van der Waals surface area contributed by atoms with E-state index < -0.39 is 5.97 Å². The van der Waals surface area contributed by atoms with E-state index in [2.05, 4.69) is 20.5 Å². The minimum atomic E-state index is -0.987. The van der Waals surface area contributed by atoms with Gasteiger partial charge in [0.2, 0.25) is 0 Å². The molecule has 0 atom stereocenters. The number of nitrogens with one attached hydrogen (secondary N) is 3. The molecule has 1 aliphatic carbocycles. The molecule has 0 unspecified atom stereocenters. The van der Waals surface area contributed by atoms with Gasteiger partial charge in [-0.3, -0.25) is 14.3 Å². The fourth-order valence-corrected chi connectivity index (χ4v) is 5.78. The molecule has 1 aliphatic heterocycles. The number of urea groups is 1. The summed E-state index contributed by atoms with van der Waals surface area (Å²) >= 11 is 7.29. The van der Waals surface area contributed by atoms with Gasteiger partial charge in [0.25, 0.3) is 11.8 Å². The molecule has 0 spiro atoms. The molecule has 3 aromatic rings. The van der Waals surface area contributed by atoms with Gasteiger partial charge in [0.15, 0.2) is 0 Å². The summed E-state index contributed by atoms with van der Waals surface area (Å²) in [6.07, 6.45) is 6.77. The number of methoxy groups -OCH3 is 1. The molecular weight excluding hydrogens is 642 g/mol. The predicted molar refractivity (Wildman–Crippen MR) is 183 cm³/mol. The third-order valence-corrected chi connectivity index (χ3v) is 8.53. The standard InChI is InChI=1S/C23H28ClN3O3S.C11H10N2O3/c1-30-21-12-9-17(24)15-20(21)22(28)25-14-13-16-7-10-19(11-8-16)31-27-23(29)26-18-5-3-2-4-6-18;1-7-6-10(14)13(12-7)9-4-2-8(3-5-9)11(15)16/h7-12,15,18H,2-6,13-14H2,1H3,(H,25,28)(H2,26,27,29);2-5H,6H2,1H3,(H,15,16). The molecule has 0 saturated heterocycles. The number of carbonyl (C=O) groups is 4. The van der Waals surface area contributed by atoms with E-state index in [0.29, 0.717) is 47.5 Å². The van der Waals surface area contributed by atoms with Crippen LogP contribution in [0.25, 0.3) is 0 Å². The molecule has 0 radical (unpaired) electrons. The molecular formula is C34H38ClN5O6S. The van der Waals surface area contributed by atoms with Crippen molar-refractivity contribution in [2.24, 2.45) is 5.10 Å². The van der Waals surface area contributed by atoms with Crippen molar-refractivity contribution < 1.29 is 29.0 Å². The zero-order valence-electron chi connectivity index (χ0n) is 26.3. The Bertz CT molecular complexity index is 1590. The summed E-state index contributed by atoms with van der Waals surface area (Å²) < 4.78 is 8.07. The first-order valence-corrected chi connectivity index (χ1v) is 16.5. The summed E-state index contributed by atoms with van der Waals surface area (Å²) in [6, 6.07) is 19.1. The van der Waals surface area contributed by atoms with Gasteiger partial charge < -0.3 is 20.5 Å². The van der Waals surface area contributed by atoms with Crippen LogP contribution in [0.15, 0.2) is 76.7 Å². The molecule has 1 fully saturated rings. The second-order valence-corrected chi connectivity index (χ2v) is 12.4. The van der Waals surface area contributed by atoms with E-state index in [4.69, 9.17) is 21.4 Å². The van der Waals surface area contributed by atoms with Crippen molar-refractivity contribution in [3.63, 3.8) is 0 Å². The Morgan fingerprint density at radius 1 is 1.02 bits per heavy atom. The zero-order valence-corrected chi connectivity index (χ0v) is 27.8. The van der Waals surface area contributed by atoms with Gasteiger partial charge in [-0.15, -0.1) is 0 Å². The van der Waals surface area contributed by atoms with Crippen LogP contribution in [0.2, 0.25) is 5.02 Å².